The quantitative estimate of drug-likeness (QED) is 0.923. The highest BCUT2D eigenvalue weighted by Crippen LogP contribution is 2.22. The Labute approximate surface area is 141 Å². The number of nitrogens with zero attached hydrogens (tertiary/aromatic N) is 2. The summed E-state index contributed by atoms with van der Waals surface area (Å²) in [6.07, 6.45) is -4.49. The molecule has 0 bridgehead atoms. The van der Waals surface area contributed by atoms with Crippen molar-refractivity contribution in [1.82, 2.24) is 10.4 Å². The number of halogens is 3. The van der Waals surface area contributed by atoms with Gasteiger partial charge in [-0.15, -0.1) is 0 Å². The summed E-state index contributed by atoms with van der Waals surface area (Å²) in [5.74, 6) is 0.722. The van der Waals surface area contributed by atoms with Gasteiger partial charge in [-0.1, -0.05) is 18.2 Å². The van der Waals surface area contributed by atoms with E-state index in [1.165, 1.54) is 0 Å². The molecule has 25 heavy (non-hydrogen) atoms. The molecule has 8 heteroatoms. The highest BCUT2D eigenvalue weighted by molar-refractivity contribution is 6.02. The third kappa shape index (κ3) is 4.50. The second kappa shape index (κ2) is 6.84. The number of para-hydroxylation sites is 1. The van der Waals surface area contributed by atoms with E-state index in [-0.39, 0.29) is 12.4 Å². The summed E-state index contributed by atoms with van der Waals surface area (Å²) in [7, 11) is 0. The van der Waals surface area contributed by atoms with E-state index < -0.39 is 18.6 Å². The number of hydrogen-bond donors (Lipinski definition) is 1. The average molecular weight is 349 g/mol. The van der Waals surface area contributed by atoms with Crippen LogP contribution in [0.5, 0.6) is 11.5 Å². The van der Waals surface area contributed by atoms with Crippen LogP contribution in [0.4, 0.5) is 13.2 Å². The monoisotopic (exact) mass is 349 g/mol. The Balaban J connectivity index is 1.70. The Morgan fingerprint density at radius 1 is 1.04 bits per heavy atom. The second-order valence-corrected chi connectivity index (χ2v) is 5.31. The molecule has 0 fully saturated rings. The van der Waals surface area contributed by atoms with Gasteiger partial charge in [-0.25, -0.2) is 5.01 Å². The molecule has 130 valence electrons. The van der Waals surface area contributed by atoms with Crippen LogP contribution in [-0.4, -0.2) is 36.0 Å². The largest absolute Gasteiger partial charge is 0.457 e. The lowest BCUT2D eigenvalue weighted by Gasteiger charge is -2.29. The van der Waals surface area contributed by atoms with Gasteiger partial charge in [-0.3, -0.25) is 15.2 Å². The van der Waals surface area contributed by atoms with Crippen molar-refractivity contribution < 1.29 is 22.7 Å². The van der Waals surface area contributed by atoms with E-state index in [2.05, 4.69) is 10.4 Å². The van der Waals surface area contributed by atoms with Gasteiger partial charge in [0.1, 0.15) is 30.4 Å². The third-order valence-corrected chi connectivity index (χ3v) is 3.36. The van der Waals surface area contributed by atoms with Crippen LogP contribution in [0.1, 0.15) is 5.56 Å². The van der Waals surface area contributed by atoms with Gasteiger partial charge in [0.25, 0.3) is 5.91 Å². The number of carbonyl (C=O) groups excluding carboxylic acids is 1. The molecule has 2 aromatic rings. The Morgan fingerprint density at radius 3 is 2.32 bits per heavy atom. The second-order valence-electron chi connectivity index (χ2n) is 5.31. The number of amidine groups is 1. The van der Waals surface area contributed by atoms with E-state index in [1.54, 1.807) is 36.4 Å². The highest BCUT2D eigenvalue weighted by atomic mass is 19.4. The lowest BCUT2D eigenvalue weighted by Crippen LogP contribution is -2.54. The van der Waals surface area contributed by atoms with Crippen molar-refractivity contribution in [2.75, 3.05) is 13.1 Å². The molecule has 3 rings (SSSR count). The Hall–Kier alpha value is -3.03. The smallest absolute Gasteiger partial charge is 0.408 e. The van der Waals surface area contributed by atoms with Crippen molar-refractivity contribution in [2.24, 2.45) is 4.99 Å². The number of benzene rings is 2. The van der Waals surface area contributed by atoms with Gasteiger partial charge in [0.15, 0.2) is 0 Å². The molecule has 1 aliphatic rings. The number of rotatable bonds is 4. The normalized spacial score (nSPS) is 14.8. The summed E-state index contributed by atoms with van der Waals surface area (Å²) in [5, 5.41) is 0.525. The SMILES string of the molecule is O=C1CN=C(c2ccc(Oc3ccccc3)cc2)NN1CC(F)(F)F. The highest BCUT2D eigenvalue weighted by Gasteiger charge is 2.35. The number of nitrogens with one attached hydrogen (secondary N) is 1. The lowest BCUT2D eigenvalue weighted by atomic mass is 10.2. The van der Waals surface area contributed by atoms with Crippen LogP contribution in [0, 0.1) is 0 Å². The molecule has 0 radical (unpaired) electrons. The molecule has 0 saturated carbocycles. The molecule has 0 unspecified atom stereocenters. The van der Waals surface area contributed by atoms with Gasteiger partial charge < -0.3 is 4.74 Å². The van der Waals surface area contributed by atoms with Gasteiger partial charge in [0.2, 0.25) is 0 Å². The summed E-state index contributed by atoms with van der Waals surface area (Å²) < 4.78 is 43.2. The van der Waals surface area contributed by atoms with Crippen LogP contribution in [0.25, 0.3) is 0 Å². The fourth-order valence-electron chi connectivity index (χ4n) is 2.23. The van der Waals surface area contributed by atoms with Crippen LogP contribution in [0.2, 0.25) is 0 Å². The van der Waals surface area contributed by atoms with Crippen LogP contribution in [0.3, 0.4) is 0 Å². The van der Waals surface area contributed by atoms with Crippen LogP contribution in [-0.2, 0) is 4.79 Å². The molecule has 0 atom stereocenters. The standard InChI is InChI=1S/C17H14F3N3O2/c18-17(19,20)11-23-15(24)10-21-16(22-23)12-6-8-14(9-7-12)25-13-4-2-1-3-5-13/h1-9H,10-11H2,(H,21,22). The number of ether oxygens (including phenoxy) is 1. The molecular weight excluding hydrogens is 335 g/mol. The first-order chi connectivity index (χ1) is 11.9. The summed E-state index contributed by atoms with van der Waals surface area (Å²) in [4.78, 5) is 15.5. The Bertz CT molecular complexity index is 774. The topological polar surface area (TPSA) is 53.9 Å². The lowest BCUT2D eigenvalue weighted by molar-refractivity contribution is -0.164. The summed E-state index contributed by atoms with van der Waals surface area (Å²) in [6, 6.07) is 15.8. The minimum atomic E-state index is -4.49. The predicted octanol–water partition coefficient (Wildman–Crippen LogP) is 3.13. The molecular formula is C17H14F3N3O2. The van der Waals surface area contributed by atoms with Crippen molar-refractivity contribution in [3.63, 3.8) is 0 Å². The molecule has 1 amide bonds. The molecule has 0 spiro atoms. The number of alkyl halides is 3. The molecule has 0 saturated heterocycles. The Morgan fingerprint density at radius 2 is 1.68 bits per heavy atom. The van der Waals surface area contributed by atoms with E-state index in [1.807, 2.05) is 18.2 Å². The number of hydrogen-bond acceptors (Lipinski definition) is 4. The maximum absolute atomic E-state index is 12.5. The van der Waals surface area contributed by atoms with Crippen molar-refractivity contribution >= 4 is 11.7 Å². The average Bonchev–Trinajstić information content (AvgIpc) is 2.57. The van der Waals surface area contributed by atoms with E-state index in [0.717, 1.165) is 0 Å². The molecule has 0 aliphatic carbocycles. The third-order valence-electron chi connectivity index (χ3n) is 3.36. The summed E-state index contributed by atoms with van der Waals surface area (Å²) >= 11 is 0. The zero-order valence-corrected chi connectivity index (χ0v) is 13.0. The number of carbonyl (C=O) groups is 1. The van der Waals surface area contributed by atoms with Crippen molar-refractivity contribution in [1.29, 1.82) is 0 Å². The summed E-state index contributed by atoms with van der Waals surface area (Å²) in [5.41, 5.74) is 2.97. The zero-order chi connectivity index (χ0) is 17.9. The first-order valence-electron chi connectivity index (χ1n) is 7.42. The van der Waals surface area contributed by atoms with Crippen LogP contribution in [0.15, 0.2) is 59.6 Å². The zero-order valence-electron chi connectivity index (χ0n) is 13.0. The van der Waals surface area contributed by atoms with Gasteiger partial charge in [-0.05, 0) is 36.4 Å². The maximum Gasteiger partial charge on any atom is 0.408 e. The van der Waals surface area contributed by atoms with E-state index in [9.17, 15) is 18.0 Å². The molecule has 1 heterocycles. The van der Waals surface area contributed by atoms with Crippen LogP contribution < -0.4 is 10.2 Å². The first kappa shape index (κ1) is 16.8. The Kier molecular flexibility index (Phi) is 4.60. The van der Waals surface area contributed by atoms with Gasteiger partial charge in [0.05, 0.1) is 0 Å². The minimum absolute atomic E-state index is 0.204. The number of hydrazine groups is 1. The van der Waals surface area contributed by atoms with Crippen molar-refractivity contribution in [3.05, 3.63) is 60.2 Å². The van der Waals surface area contributed by atoms with Crippen LogP contribution >= 0.6 is 0 Å². The first-order valence-corrected chi connectivity index (χ1v) is 7.42. The molecule has 1 N–H and O–H groups in total. The van der Waals surface area contributed by atoms with Crippen molar-refractivity contribution in [3.8, 4) is 11.5 Å². The number of amides is 1. The van der Waals surface area contributed by atoms with E-state index >= 15 is 0 Å². The molecule has 0 aromatic heterocycles. The molecule has 1 aliphatic heterocycles. The van der Waals surface area contributed by atoms with Gasteiger partial charge in [0, 0.05) is 5.56 Å². The van der Waals surface area contributed by atoms with E-state index in [4.69, 9.17) is 4.74 Å². The predicted molar refractivity (Wildman–Crippen MR) is 85.3 cm³/mol. The van der Waals surface area contributed by atoms with Crippen molar-refractivity contribution in [2.45, 2.75) is 6.18 Å². The van der Waals surface area contributed by atoms with E-state index in [0.29, 0.717) is 22.1 Å². The fraction of sp³-hybridized carbons (Fsp3) is 0.176. The van der Waals surface area contributed by atoms with Gasteiger partial charge >= 0.3 is 6.18 Å². The van der Waals surface area contributed by atoms with Gasteiger partial charge in [-0.2, -0.15) is 13.2 Å². The fourth-order valence-corrected chi connectivity index (χ4v) is 2.23. The minimum Gasteiger partial charge on any atom is -0.457 e. The maximum atomic E-state index is 12.5. The molecule has 5 nitrogen and oxygen atoms in total. The number of aliphatic imine (C=N–C) groups is 1. The molecule has 2 aromatic carbocycles. The summed E-state index contributed by atoms with van der Waals surface area (Å²) in [6.45, 7) is -1.71.